The minimum Gasteiger partial charge on any atom is -0.337 e. The minimum absolute atomic E-state index is 0.268. The Kier molecular flexibility index (Phi) is 4.65. The number of nitrogens with zero attached hydrogens (tertiary/aromatic N) is 1. The molecule has 5 heteroatoms. The summed E-state index contributed by atoms with van der Waals surface area (Å²) in [6.07, 6.45) is 0.576. The van der Waals surface area contributed by atoms with Crippen molar-refractivity contribution < 1.29 is 9.18 Å². The predicted octanol–water partition coefficient (Wildman–Crippen LogP) is 2.89. The van der Waals surface area contributed by atoms with E-state index < -0.39 is 0 Å². The number of hydrogen-bond donors (Lipinski definition) is 2. The maximum absolute atomic E-state index is 13.0. The molecule has 4 nitrogen and oxygen atoms in total. The van der Waals surface area contributed by atoms with Crippen molar-refractivity contribution in [2.45, 2.75) is 13.3 Å². The van der Waals surface area contributed by atoms with Gasteiger partial charge < -0.3 is 5.32 Å². The summed E-state index contributed by atoms with van der Waals surface area (Å²) < 4.78 is 13.0. The van der Waals surface area contributed by atoms with Crippen molar-refractivity contribution in [1.82, 2.24) is 10.3 Å². The lowest BCUT2D eigenvalue weighted by Gasteiger charge is -2.07. The second-order valence-corrected chi connectivity index (χ2v) is 4.43. The number of anilines is 1. The van der Waals surface area contributed by atoms with Crippen LogP contribution in [0.25, 0.3) is 0 Å². The number of urea groups is 1. The number of carbonyl (C=O) groups excluding carboxylic acids is 1. The monoisotopic (exact) mass is 273 g/mol. The Labute approximate surface area is 117 Å². The Balaban J connectivity index is 1.78. The van der Waals surface area contributed by atoms with E-state index in [4.69, 9.17) is 0 Å². The van der Waals surface area contributed by atoms with Crippen LogP contribution >= 0.6 is 0 Å². The van der Waals surface area contributed by atoms with Crippen molar-refractivity contribution in [1.29, 1.82) is 0 Å². The first kappa shape index (κ1) is 14.0. The van der Waals surface area contributed by atoms with Gasteiger partial charge in [0.2, 0.25) is 0 Å². The number of benzene rings is 1. The molecule has 2 amide bonds. The zero-order chi connectivity index (χ0) is 14.4. The number of aromatic nitrogens is 1. The molecule has 0 atom stereocenters. The Morgan fingerprint density at radius 2 is 2.05 bits per heavy atom. The van der Waals surface area contributed by atoms with Crippen molar-refractivity contribution in [3.05, 3.63) is 59.5 Å². The highest BCUT2D eigenvalue weighted by molar-refractivity contribution is 5.88. The van der Waals surface area contributed by atoms with Crippen molar-refractivity contribution in [3.63, 3.8) is 0 Å². The third-order valence-corrected chi connectivity index (χ3v) is 2.72. The molecule has 20 heavy (non-hydrogen) atoms. The maximum atomic E-state index is 13.0. The largest absolute Gasteiger partial charge is 0.337 e. The molecule has 2 aromatic rings. The highest BCUT2D eigenvalue weighted by Crippen LogP contribution is 2.04. The molecule has 2 rings (SSSR count). The van der Waals surface area contributed by atoms with E-state index in [1.54, 1.807) is 12.1 Å². The summed E-state index contributed by atoms with van der Waals surface area (Å²) in [5.41, 5.74) is 1.68. The van der Waals surface area contributed by atoms with Gasteiger partial charge in [0.15, 0.2) is 0 Å². The summed E-state index contributed by atoms with van der Waals surface area (Å²) >= 11 is 0. The molecule has 0 aliphatic rings. The predicted molar refractivity (Wildman–Crippen MR) is 76.1 cm³/mol. The molecule has 0 aliphatic heterocycles. The fourth-order valence-electron chi connectivity index (χ4n) is 1.79. The third kappa shape index (κ3) is 4.35. The average Bonchev–Trinajstić information content (AvgIpc) is 2.38. The van der Waals surface area contributed by atoms with E-state index in [-0.39, 0.29) is 11.8 Å². The van der Waals surface area contributed by atoms with E-state index in [0.717, 1.165) is 11.3 Å². The number of hydrogen-bond acceptors (Lipinski definition) is 2. The standard InChI is InChI=1S/C15H16FN3O/c1-11-4-2-7-14(18-11)19-15(20)17-9-8-12-5-3-6-13(16)10-12/h2-7,10H,8-9H2,1H3,(H2,17,18,19,20). The van der Waals surface area contributed by atoms with E-state index in [1.165, 1.54) is 12.1 Å². The quantitative estimate of drug-likeness (QED) is 0.900. The Morgan fingerprint density at radius 1 is 1.25 bits per heavy atom. The van der Waals surface area contributed by atoms with E-state index in [0.29, 0.717) is 18.8 Å². The first-order valence-electron chi connectivity index (χ1n) is 6.36. The smallest absolute Gasteiger partial charge is 0.320 e. The van der Waals surface area contributed by atoms with Crippen molar-refractivity contribution in [2.75, 3.05) is 11.9 Å². The summed E-state index contributed by atoms with van der Waals surface area (Å²) in [6, 6.07) is 11.4. The molecule has 0 bridgehead atoms. The summed E-state index contributed by atoms with van der Waals surface area (Å²) in [7, 11) is 0. The zero-order valence-electron chi connectivity index (χ0n) is 11.2. The van der Waals surface area contributed by atoms with E-state index in [9.17, 15) is 9.18 Å². The molecular formula is C15H16FN3O. The fraction of sp³-hybridized carbons (Fsp3) is 0.200. The van der Waals surface area contributed by atoms with Crippen LogP contribution in [-0.4, -0.2) is 17.6 Å². The first-order valence-corrected chi connectivity index (χ1v) is 6.36. The van der Waals surface area contributed by atoms with E-state index in [2.05, 4.69) is 15.6 Å². The van der Waals surface area contributed by atoms with Gasteiger partial charge in [0.05, 0.1) is 0 Å². The second kappa shape index (κ2) is 6.65. The van der Waals surface area contributed by atoms with Crippen molar-refractivity contribution in [2.24, 2.45) is 0 Å². The molecule has 0 radical (unpaired) electrons. The number of pyridine rings is 1. The highest BCUT2D eigenvalue weighted by atomic mass is 19.1. The number of aryl methyl sites for hydroxylation is 1. The topological polar surface area (TPSA) is 54.0 Å². The molecule has 104 valence electrons. The van der Waals surface area contributed by atoms with Crippen LogP contribution in [0.4, 0.5) is 15.0 Å². The molecule has 0 spiro atoms. The van der Waals surface area contributed by atoms with Crippen LogP contribution in [-0.2, 0) is 6.42 Å². The van der Waals surface area contributed by atoms with Gasteiger partial charge in [-0.25, -0.2) is 14.2 Å². The molecule has 1 aromatic carbocycles. The number of carbonyl (C=O) groups is 1. The zero-order valence-corrected chi connectivity index (χ0v) is 11.2. The maximum Gasteiger partial charge on any atom is 0.320 e. The van der Waals surface area contributed by atoms with Gasteiger partial charge in [-0.1, -0.05) is 18.2 Å². The van der Waals surface area contributed by atoms with E-state index >= 15 is 0 Å². The van der Waals surface area contributed by atoms with Gasteiger partial charge >= 0.3 is 6.03 Å². The minimum atomic E-state index is -0.320. The SMILES string of the molecule is Cc1cccc(NC(=O)NCCc2cccc(F)c2)n1. The number of rotatable bonds is 4. The lowest BCUT2D eigenvalue weighted by Crippen LogP contribution is -2.30. The molecule has 1 heterocycles. The van der Waals surface area contributed by atoms with Gasteiger partial charge in [0.25, 0.3) is 0 Å². The number of amides is 2. The molecular weight excluding hydrogens is 257 g/mol. The third-order valence-electron chi connectivity index (χ3n) is 2.72. The normalized spacial score (nSPS) is 10.1. The first-order chi connectivity index (χ1) is 9.63. The van der Waals surface area contributed by atoms with Gasteiger partial charge in [0.1, 0.15) is 11.6 Å². The lowest BCUT2D eigenvalue weighted by molar-refractivity contribution is 0.252. The Bertz CT molecular complexity index is 601. The summed E-state index contributed by atoms with van der Waals surface area (Å²) in [4.78, 5) is 15.8. The van der Waals surface area contributed by atoms with Crippen molar-refractivity contribution in [3.8, 4) is 0 Å². The van der Waals surface area contributed by atoms with Gasteiger partial charge in [-0.2, -0.15) is 0 Å². The highest BCUT2D eigenvalue weighted by Gasteiger charge is 2.02. The number of halogens is 1. The molecule has 0 saturated carbocycles. The summed E-state index contributed by atoms with van der Waals surface area (Å²) in [6.45, 7) is 2.29. The van der Waals surface area contributed by atoms with Gasteiger partial charge in [-0.05, 0) is 43.2 Å². The molecule has 0 fully saturated rings. The fourth-order valence-corrected chi connectivity index (χ4v) is 1.79. The van der Waals surface area contributed by atoms with E-state index in [1.807, 2.05) is 25.1 Å². The van der Waals surface area contributed by atoms with Gasteiger partial charge in [-0.15, -0.1) is 0 Å². The Hall–Kier alpha value is -2.43. The van der Waals surface area contributed by atoms with Crippen LogP contribution in [0.3, 0.4) is 0 Å². The van der Waals surface area contributed by atoms with Crippen LogP contribution < -0.4 is 10.6 Å². The second-order valence-electron chi connectivity index (χ2n) is 4.43. The van der Waals surface area contributed by atoms with Crippen LogP contribution in [0, 0.1) is 12.7 Å². The molecule has 1 aromatic heterocycles. The lowest BCUT2D eigenvalue weighted by atomic mass is 10.1. The van der Waals surface area contributed by atoms with Crippen LogP contribution in [0.2, 0.25) is 0 Å². The molecule has 0 saturated heterocycles. The van der Waals surface area contributed by atoms with Gasteiger partial charge in [0, 0.05) is 12.2 Å². The van der Waals surface area contributed by atoms with Crippen molar-refractivity contribution >= 4 is 11.8 Å². The Morgan fingerprint density at radius 3 is 2.80 bits per heavy atom. The molecule has 0 aliphatic carbocycles. The molecule has 2 N–H and O–H groups in total. The molecule has 0 unspecified atom stereocenters. The van der Waals surface area contributed by atoms with Crippen LogP contribution in [0.1, 0.15) is 11.3 Å². The van der Waals surface area contributed by atoms with Crippen LogP contribution in [0.15, 0.2) is 42.5 Å². The summed E-state index contributed by atoms with van der Waals surface area (Å²) in [5.74, 6) is 0.240. The summed E-state index contributed by atoms with van der Waals surface area (Å²) in [5, 5.41) is 5.35. The number of nitrogens with one attached hydrogen (secondary N) is 2. The van der Waals surface area contributed by atoms with Gasteiger partial charge in [-0.3, -0.25) is 5.32 Å². The van der Waals surface area contributed by atoms with Crippen LogP contribution in [0.5, 0.6) is 0 Å². The average molecular weight is 273 g/mol.